The number of rotatable bonds is 5. The predicted molar refractivity (Wildman–Crippen MR) is 101 cm³/mol. The lowest BCUT2D eigenvalue weighted by atomic mass is 10.2. The van der Waals surface area contributed by atoms with Gasteiger partial charge in [0.2, 0.25) is 11.1 Å². The van der Waals surface area contributed by atoms with Crippen molar-refractivity contribution in [3.8, 4) is 11.4 Å². The largest absolute Gasteiger partial charge is 0.335 e. The van der Waals surface area contributed by atoms with Gasteiger partial charge in [0.25, 0.3) is 0 Å². The first-order valence-corrected chi connectivity index (χ1v) is 8.85. The Kier molecular flexibility index (Phi) is 5.25. The van der Waals surface area contributed by atoms with E-state index in [0.717, 1.165) is 16.8 Å². The average Bonchev–Trinajstić information content (AvgIpc) is 2.94. The SMILES string of the molecule is Cc1cccc(NC(=O)CSc2nnc(-c3ccc(Cl)cc3)n2N)c1. The summed E-state index contributed by atoms with van der Waals surface area (Å²) in [6.07, 6.45) is 0. The molecule has 128 valence electrons. The molecule has 0 radical (unpaired) electrons. The first kappa shape index (κ1) is 17.3. The molecule has 2 aromatic carbocycles. The second-order valence-electron chi connectivity index (χ2n) is 5.39. The average molecular weight is 374 g/mol. The molecule has 6 nitrogen and oxygen atoms in total. The maximum Gasteiger partial charge on any atom is 0.234 e. The number of thioether (sulfide) groups is 1. The molecule has 3 rings (SSSR count). The van der Waals surface area contributed by atoms with Crippen LogP contribution in [0.3, 0.4) is 0 Å². The number of benzene rings is 2. The number of aromatic nitrogens is 3. The zero-order chi connectivity index (χ0) is 17.8. The van der Waals surface area contributed by atoms with Crippen LogP contribution in [0.2, 0.25) is 5.02 Å². The molecule has 0 spiro atoms. The standard InChI is InChI=1S/C17H16ClN5OS/c1-11-3-2-4-14(9-11)20-15(24)10-25-17-22-21-16(23(17)19)12-5-7-13(18)8-6-12/h2-9H,10,19H2,1H3,(H,20,24). The van der Waals surface area contributed by atoms with Crippen LogP contribution in [-0.2, 0) is 4.79 Å². The predicted octanol–water partition coefficient (Wildman–Crippen LogP) is 3.35. The Hall–Kier alpha value is -2.51. The van der Waals surface area contributed by atoms with E-state index in [1.54, 1.807) is 12.1 Å². The number of hydrogen-bond acceptors (Lipinski definition) is 5. The number of anilines is 1. The van der Waals surface area contributed by atoms with Crippen LogP contribution in [0.1, 0.15) is 5.56 Å². The molecule has 0 atom stereocenters. The summed E-state index contributed by atoms with van der Waals surface area (Å²) in [6, 6.07) is 14.8. The maximum absolute atomic E-state index is 12.1. The summed E-state index contributed by atoms with van der Waals surface area (Å²) in [6.45, 7) is 1.97. The smallest absolute Gasteiger partial charge is 0.234 e. The molecule has 1 aromatic heterocycles. The molecule has 3 N–H and O–H groups in total. The quantitative estimate of drug-likeness (QED) is 0.529. The summed E-state index contributed by atoms with van der Waals surface area (Å²) in [5.74, 6) is 6.60. The van der Waals surface area contributed by atoms with Gasteiger partial charge in [0.15, 0.2) is 5.82 Å². The maximum atomic E-state index is 12.1. The number of halogens is 1. The molecule has 1 amide bonds. The van der Waals surface area contributed by atoms with Gasteiger partial charge in [-0.05, 0) is 48.9 Å². The van der Waals surface area contributed by atoms with Crippen LogP contribution in [-0.4, -0.2) is 26.5 Å². The Morgan fingerprint density at radius 1 is 1.24 bits per heavy atom. The van der Waals surface area contributed by atoms with Gasteiger partial charge >= 0.3 is 0 Å². The van der Waals surface area contributed by atoms with Crippen molar-refractivity contribution < 1.29 is 4.79 Å². The minimum absolute atomic E-state index is 0.133. The summed E-state index contributed by atoms with van der Waals surface area (Å²) in [7, 11) is 0. The molecule has 8 heteroatoms. The van der Waals surface area contributed by atoms with Crippen molar-refractivity contribution in [2.24, 2.45) is 0 Å². The van der Waals surface area contributed by atoms with Crippen molar-refractivity contribution >= 4 is 35.0 Å². The molecule has 0 unspecified atom stereocenters. The van der Waals surface area contributed by atoms with E-state index in [-0.39, 0.29) is 11.7 Å². The summed E-state index contributed by atoms with van der Waals surface area (Å²) < 4.78 is 1.37. The highest BCUT2D eigenvalue weighted by Crippen LogP contribution is 2.23. The summed E-state index contributed by atoms with van der Waals surface area (Å²) in [4.78, 5) is 12.1. The minimum atomic E-state index is -0.133. The van der Waals surface area contributed by atoms with E-state index in [9.17, 15) is 4.79 Å². The number of hydrogen-bond donors (Lipinski definition) is 2. The van der Waals surface area contributed by atoms with Crippen LogP contribution in [0.5, 0.6) is 0 Å². The topological polar surface area (TPSA) is 85.8 Å². The van der Waals surface area contributed by atoms with Gasteiger partial charge in [0.1, 0.15) is 0 Å². The fourth-order valence-electron chi connectivity index (χ4n) is 2.22. The third-order valence-electron chi connectivity index (χ3n) is 3.40. The zero-order valence-corrected chi connectivity index (χ0v) is 15.0. The van der Waals surface area contributed by atoms with Crippen molar-refractivity contribution in [1.82, 2.24) is 14.9 Å². The highest BCUT2D eigenvalue weighted by atomic mass is 35.5. The van der Waals surface area contributed by atoms with E-state index in [1.165, 1.54) is 16.4 Å². The Bertz CT molecular complexity index is 894. The van der Waals surface area contributed by atoms with Gasteiger partial charge in [-0.15, -0.1) is 10.2 Å². The van der Waals surface area contributed by atoms with Gasteiger partial charge in [-0.25, -0.2) is 4.68 Å². The van der Waals surface area contributed by atoms with Crippen molar-refractivity contribution in [2.75, 3.05) is 16.9 Å². The second kappa shape index (κ2) is 7.58. The molecule has 0 aliphatic heterocycles. The third-order valence-corrected chi connectivity index (χ3v) is 4.60. The lowest BCUT2D eigenvalue weighted by molar-refractivity contribution is -0.113. The molecule has 0 saturated carbocycles. The number of amides is 1. The normalized spacial score (nSPS) is 10.6. The summed E-state index contributed by atoms with van der Waals surface area (Å²) in [5, 5.41) is 12.1. The molecule has 25 heavy (non-hydrogen) atoms. The molecule has 0 aliphatic rings. The summed E-state index contributed by atoms with van der Waals surface area (Å²) >= 11 is 7.11. The molecule has 0 aliphatic carbocycles. The Morgan fingerprint density at radius 3 is 2.72 bits per heavy atom. The highest BCUT2D eigenvalue weighted by molar-refractivity contribution is 7.99. The third kappa shape index (κ3) is 4.32. The summed E-state index contributed by atoms with van der Waals surface area (Å²) in [5.41, 5.74) is 2.65. The molecule has 1 heterocycles. The van der Waals surface area contributed by atoms with Crippen LogP contribution >= 0.6 is 23.4 Å². The van der Waals surface area contributed by atoms with Crippen LogP contribution in [0.15, 0.2) is 53.7 Å². The number of carbonyl (C=O) groups is 1. The second-order valence-corrected chi connectivity index (χ2v) is 6.77. The van der Waals surface area contributed by atoms with Crippen molar-refractivity contribution in [1.29, 1.82) is 0 Å². The molecular weight excluding hydrogens is 358 g/mol. The van der Waals surface area contributed by atoms with E-state index in [2.05, 4.69) is 15.5 Å². The number of aryl methyl sites for hydroxylation is 1. The molecule has 0 saturated heterocycles. The number of nitrogen functional groups attached to an aromatic ring is 1. The van der Waals surface area contributed by atoms with Crippen LogP contribution in [0, 0.1) is 6.92 Å². The van der Waals surface area contributed by atoms with Crippen LogP contribution in [0.25, 0.3) is 11.4 Å². The van der Waals surface area contributed by atoms with Crippen LogP contribution in [0.4, 0.5) is 5.69 Å². The van der Waals surface area contributed by atoms with E-state index in [0.29, 0.717) is 16.0 Å². The monoisotopic (exact) mass is 373 g/mol. The molecule has 0 fully saturated rings. The van der Waals surface area contributed by atoms with Crippen molar-refractivity contribution in [3.63, 3.8) is 0 Å². The molecule has 3 aromatic rings. The first-order chi connectivity index (χ1) is 12.0. The zero-order valence-electron chi connectivity index (χ0n) is 13.4. The van der Waals surface area contributed by atoms with Crippen LogP contribution < -0.4 is 11.2 Å². The molecule has 0 bridgehead atoms. The number of nitrogens with two attached hydrogens (primary N) is 1. The van der Waals surface area contributed by atoms with E-state index < -0.39 is 0 Å². The van der Waals surface area contributed by atoms with Gasteiger partial charge in [-0.2, -0.15) is 0 Å². The van der Waals surface area contributed by atoms with Crippen molar-refractivity contribution in [3.05, 3.63) is 59.1 Å². The number of nitrogens with one attached hydrogen (secondary N) is 1. The van der Waals surface area contributed by atoms with E-state index >= 15 is 0 Å². The van der Waals surface area contributed by atoms with Gasteiger partial charge in [-0.3, -0.25) is 4.79 Å². The van der Waals surface area contributed by atoms with Gasteiger partial charge < -0.3 is 11.2 Å². The lowest BCUT2D eigenvalue weighted by Crippen LogP contribution is -2.16. The Balaban J connectivity index is 1.64. The number of carbonyl (C=O) groups excluding carboxylic acids is 1. The van der Waals surface area contributed by atoms with E-state index in [4.69, 9.17) is 17.4 Å². The fraction of sp³-hybridized carbons (Fsp3) is 0.118. The molecular formula is C17H16ClN5OS. The highest BCUT2D eigenvalue weighted by Gasteiger charge is 2.14. The first-order valence-electron chi connectivity index (χ1n) is 7.48. The van der Waals surface area contributed by atoms with E-state index in [1.807, 2.05) is 43.3 Å². The Labute approximate surface area is 154 Å². The van der Waals surface area contributed by atoms with Gasteiger partial charge in [0, 0.05) is 16.3 Å². The Morgan fingerprint density at radius 2 is 2.00 bits per heavy atom. The minimum Gasteiger partial charge on any atom is -0.335 e. The lowest BCUT2D eigenvalue weighted by Gasteiger charge is -2.06. The van der Waals surface area contributed by atoms with Crippen molar-refractivity contribution in [2.45, 2.75) is 12.1 Å². The van der Waals surface area contributed by atoms with Gasteiger partial charge in [0.05, 0.1) is 5.75 Å². The number of nitrogens with zero attached hydrogens (tertiary/aromatic N) is 3. The fourth-order valence-corrected chi connectivity index (χ4v) is 3.00. The van der Waals surface area contributed by atoms with Gasteiger partial charge in [-0.1, -0.05) is 35.5 Å².